The maximum absolute atomic E-state index is 13.1. The Morgan fingerprint density at radius 1 is 1.18 bits per heavy atom. The zero-order valence-corrected chi connectivity index (χ0v) is 15.9. The van der Waals surface area contributed by atoms with Gasteiger partial charge in [0.2, 0.25) is 5.91 Å². The molecule has 1 N–H and O–H groups in total. The number of alkyl halides is 2. The largest absolute Gasteiger partial charge is 0.478 e. The minimum atomic E-state index is -2.77. The fourth-order valence-electron chi connectivity index (χ4n) is 5.03. The Labute approximate surface area is 161 Å². The minimum absolute atomic E-state index is 0.0273. The Hall–Kier alpha value is -2.00. The van der Waals surface area contributed by atoms with E-state index in [0.29, 0.717) is 31.4 Å². The van der Waals surface area contributed by atoms with Crippen LogP contribution in [0.25, 0.3) is 0 Å². The quantitative estimate of drug-likeness (QED) is 0.786. The summed E-state index contributed by atoms with van der Waals surface area (Å²) in [5.41, 5.74) is -0.546. The smallest absolute Gasteiger partial charge is 0.332 e. The first-order valence-electron chi connectivity index (χ1n) is 9.52. The molecule has 9 heteroatoms. The molecular weight excluding hydrogens is 374 g/mol. The normalized spacial score (nSPS) is 37.3. The summed E-state index contributed by atoms with van der Waals surface area (Å²) in [5.74, 6) is -3.73. The van der Waals surface area contributed by atoms with Gasteiger partial charge in [-0.3, -0.25) is 9.63 Å². The zero-order valence-electron chi connectivity index (χ0n) is 15.9. The van der Waals surface area contributed by atoms with E-state index in [-0.39, 0.29) is 23.3 Å². The van der Waals surface area contributed by atoms with Crippen molar-refractivity contribution in [2.24, 2.45) is 17.3 Å². The lowest BCUT2D eigenvalue weighted by atomic mass is 9.60. The van der Waals surface area contributed by atoms with Gasteiger partial charge in [-0.25, -0.2) is 13.6 Å². The van der Waals surface area contributed by atoms with Crippen molar-refractivity contribution in [3.05, 3.63) is 23.5 Å². The lowest BCUT2D eigenvalue weighted by molar-refractivity contribution is -0.293. The lowest BCUT2D eigenvalue weighted by Crippen LogP contribution is -2.60. The molecule has 2 unspecified atom stereocenters. The number of hydrogen-bond acceptors (Lipinski definition) is 5. The van der Waals surface area contributed by atoms with Crippen LogP contribution in [0.2, 0.25) is 0 Å². The van der Waals surface area contributed by atoms with Gasteiger partial charge in [-0.1, -0.05) is 6.92 Å². The van der Waals surface area contributed by atoms with Gasteiger partial charge >= 0.3 is 5.97 Å². The molecule has 2 saturated heterocycles. The molecule has 0 aromatic carbocycles. The van der Waals surface area contributed by atoms with E-state index in [2.05, 4.69) is 0 Å². The van der Waals surface area contributed by atoms with Crippen molar-refractivity contribution in [2.45, 2.75) is 44.6 Å². The molecule has 1 amide bonds. The molecule has 154 valence electrons. The summed E-state index contributed by atoms with van der Waals surface area (Å²) < 4.78 is 26.1. The molecule has 2 heterocycles. The van der Waals surface area contributed by atoms with E-state index < -0.39 is 36.5 Å². The number of likely N-dealkylation sites (tertiary alicyclic amines) is 1. The number of carboxylic acid groups (broad SMARTS) is 1. The first kappa shape index (κ1) is 19.3. The SMILES string of the molecule is CN1OC2=CC=C(C(=O)O)C(C)(C3CCC(C(=O)N4CC(F)(F)C4)CC3)C2O1. The predicted molar refractivity (Wildman–Crippen MR) is 92.6 cm³/mol. The number of halogens is 2. The Balaban J connectivity index is 1.48. The summed E-state index contributed by atoms with van der Waals surface area (Å²) in [4.78, 5) is 36.9. The van der Waals surface area contributed by atoms with E-state index in [0.717, 1.165) is 0 Å². The molecule has 4 rings (SSSR count). The fourth-order valence-corrected chi connectivity index (χ4v) is 5.03. The number of hydrogen-bond donors (Lipinski definition) is 1. The highest BCUT2D eigenvalue weighted by molar-refractivity contribution is 5.89. The predicted octanol–water partition coefficient (Wildman–Crippen LogP) is 2.36. The average molecular weight is 398 g/mol. The maximum Gasteiger partial charge on any atom is 0.332 e. The van der Waals surface area contributed by atoms with Gasteiger partial charge in [0.25, 0.3) is 5.92 Å². The van der Waals surface area contributed by atoms with E-state index in [4.69, 9.17) is 9.68 Å². The van der Waals surface area contributed by atoms with Crippen LogP contribution < -0.4 is 0 Å². The third-order valence-corrected chi connectivity index (χ3v) is 6.60. The number of hydroxylamine groups is 2. The summed E-state index contributed by atoms with van der Waals surface area (Å²) in [7, 11) is 1.61. The summed E-state index contributed by atoms with van der Waals surface area (Å²) in [6.45, 7) is 0.877. The van der Waals surface area contributed by atoms with Crippen LogP contribution in [0.15, 0.2) is 23.5 Å². The summed E-state index contributed by atoms with van der Waals surface area (Å²) in [6.07, 6.45) is 5.00. The van der Waals surface area contributed by atoms with E-state index in [1.54, 1.807) is 19.2 Å². The summed E-state index contributed by atoms with van der Waals surface area (Å²) in [6, 6.07) is 0. The van der Waals surface area contributed by atoms with Gasteiger partial charge in [-0.05, 0) is 49.0 Å². The van der Waals surface area contributed by atoms with Gasteiger partial charge in [0.05, 0.1) is 20.1 Å². The molecule has 0 bridgehead atoms. The van der Waals surface area contributed by atoms with Crippen LogP contribution in [0, 0.1) is 17.3 Å². The van der Waals surface area contributed by atoms with Crippen LogP contribution in [-0.4, -0.2) is 59.3 Å². The number of nitrogens with zero attached hydrogens (tertiary/aromatic N) is 2. The molecule has 0 aromatic heterocycles. The molecule has 28 heavy (non-hydrogen) atoms. The second-order valence-electron chi connectivity index (χ2n) is 8.35. The van der Waals surface area contributed by atoms with Crippen LogP contribution >= 0.6 is 0 Å². The van der Waals surface area contributed by atoms with E-state index >= 15 is 0 Å². The van der Waals surface area contributed by atoms with Gasteiger partial charge in [0.15, 0.2) is 11.9 Å². The molecule has 0 aromatic rings. The molecular formula is C19H24F2N2O5. The van der Waals surface area contributed by atoms with Crippen LogP contribution in [0.5, 0.6) is 0 Å². The summed E-state index contributed by atoms with van der Waals surface area (Å²) in [5, 5.41) is 11.0. The van der Waals surface area contributed by atoms with E-state index in [1.165, 1.54) is 10.1 Å². The number of allylic oxidation sites excluding steroid dienone is 2. The van der Waals surface area contributed by atoms with Crippen molar-refractivity contribution >= 4 is 11.9 Å². The average Bonchev–Trinajstić information content (AvgIpc) is 3.00. The van der Waals surface area contributed by atoms with Crippen molar-refractivity contribution < 1.29 is 33.2 Å². The van der Waals surface area contributed by atoms with Crippen LogP contribution in [0.3, 0.4) is 0 Å². The first-order valence-corrected chi connectivity index (χ1v) is 9.52. The van der Waals surface area contributed by atoms with Crippen molar-refractivity contribution in [2.75, 3.05) is 20.1 Å². The first-order chi connectivity index (χ1) is 13.1. The Morgan fingerprint density at radius 2 is 1.82 bits per heavy atom. The second kappa shape index (κ2) is 6.52. The van der Waals surface area contributed by atoms with Crippen LogP contribution in [-0.2, 0) is 19.3 Å². The minimum Gasteiger partial charge on any atom is -0.478 e. The van der Waals surface area contributed by atoms with Crippen molar-refractivity contribution in [1.29, 1.82) is 0 Å². The second-order valence-corrected chi connectivity index (χ2v) is 8.35. The number of carbonyl (C=O) groups excluding carboxylic acids is 1. The van der Waals surface area contributed by atoms with Gasteiger partial charge in [-0.15, -0.1) is 0 Å². The highest BCUT2D eigenvalue weighted by Gasteiger charge is 2.56. The molecule has 2 aliphatic heterocycles. The monoisotopic (exact) mass is 398 g/mol. The third-order valence-electron chi connectivity index (χ3n) is 6.60. The molecule has 1 saturated carbocycles. The summed E-state index contributed by atoms with van der Waals surface area (Å²) >= 11 is 0. The third kappa shape index (κ3) is 3.00. The van der Waals surface area contributed by atoms with Gasteiger partial charge < -0.3 is 14.8 Å². The highest BCUT2D eigenvalue weighted by atomic mass is 19.3. The van der Waals surface area contributed by atoms with Gasteiger partial charge in [0.1, 0.15) is 0 Å². The topological polar surface area (TPSA) is 79.3 Å². The van der Waals surface area contributed by atoms with Crippen molar-refractivity contribution in [3.63, 3.8) is 0 Å². The molecule has 2 aliphatic carbocycles. The van der Waals surface area contributed by atoms with Crippen molar-refractivity contribution in [3.8, 4) is 0 Å². The molecule has 0 spiro atoms. The Morgan fingerprint density at radius 3 is 2.39 bits per heavy atom. The lowest BCUT2D eigenvalue weighted by Gasteiger charge is -2.46. The molecule has 4 aliphatic rings. The van der Waals surface area contributed by atoms with E-state index in [1.807, 2.05) is 6.92 Å². The number of fused-ring (bicyclic) bond motifs is 1. The number of aliphatic carboxylic acids is 1. The standard InChI is InChI=1S/C19H24F2N2O5/c1-18(13(17(25)26)7-8-14-15(18)28-22(2)27-14)12-5-3-11(4-6-12)16(24)23-9-19(20,21)10-23/h7-8,11-12,15H,3-6,9-10H2,1-2H3,(H,25,26). The molecule has 0 radical (unpaired) electrons. The molecule has 2 atom stereocenters. The number of carboxylic acids is 1. The fraction of sp³-hybridized carbons (Fsp3) is 0.684. The number of carbonyl (C=O) groups is 2. The number of amides is 1. The maximum atomic E-state index is 13.1. The number of rotatable bonds is 3. The molecule has 3 fully saturated rings. The zero-order chi connectivity index (χ0) is 20.3. The van der Waals surface area contributed by atoms with Crippen molar-refractivity contribution in [1.82, 2.24) is 10.1 Å². The Kier molecular flexibility index (Phi) is 4.50. The highest BCUT2D eigenvalue weighted by Crippen LogP contribution is 2.53. The van der Waals surface area contributed by atoms with Gasteiger partial charge in [-0.2, -0.15) is 0 Å². The van der Waals surface area contributed by atoms with E-state index in [9.17, 15) is 23.5 Å². The van der Waals surface area contributed by atoms with Crippen LogP contribution in [0.4, 0.5) is 8.78 Å². The van der Waals surface area contributed by atoms with Gasteiger partial charge in [0, 0.05) is 16.9 Å². The van der Waals surface area contributed by atoms with Crippen LogP contribution in [0.1, 0.15) is 32.6 Å². The molecule has 7 nitrogen and oxygen atoms in total. The Bertz CT molecular complexity index is 751.